The van der Waals surface area contributed by atoms with Crippen molar-refractivity contribution in [1.82, 2.24) is 5.32 Å². The molecular weight excluding hydrogens is 304 g/mol. The Balaban J connectivity index is 2.22. The minimum absolute atomic E-state index is 0.174. The summed E-state index contributed by atoms with van der Waals surface area (Å²) in [4.78, 5) is 22.5. The summed E-state index contributed by atoms with van der Waals surface area (Å²) >= 11 is 0. The number of nitrogen functional groups attached to an aromatic ring is 1. The summed E-state index contributed by atoms with van der Waals surface area (Å²) in [6, 6.07) is 4.77. The second-order valence-electron chi connectivity index (χ2n) is 4.71. The van der Waals surface area contributed by atoms with Gasteiger partial charge in [-0.3, -0.25) is 4.79 Å². The first-order valence-electron chi connectivity index (χ1n) is 7.09. The van der Waals surface area contributed by atoms with E-state index in [4.69, 9.17) is 25.1 Å². The molecule has 0 aliphatic heterocycles. The molecule has 0 spiro atoms. The highest BCUT2D eigenvalue weighted by Crippen LogP contribution is 2.18. The van der Waals surface area contributed by atoms with Gasteiger partial charge in [0.05, 0.1) is 26.9 Å². The Morgan fingerprint density at radius 3 is 2.65 bits per heavy atom. The van der Waals surface area contributed by atoms with Crippen LogP contribution >= 0.6 is 0 Å². The summed E-state index contributed by atoms with van der Waals surface area (Å²) in [5.41, 5.74) is 6.53. The van der Waals surface area contributed by atoms with Gasteiger partial charge in [0.25, 0.3) is 5.91 Å². The Hall–Kier alpha value is -2.32. The molecule has 128 valence electrons. The van der Waals surface area contributed by atoms with Crippen molar-refractivity contribution >= 4 is 17.6 Å². The van der Waals surface area contributed by atoms with Gasteiger partial charge in [-0.1, -0.05) is 0 Å². The fourth-order valence-corrected chi connectivity index (χ4v) is 1.67. The molecule has 1 rings (SSSR count). The molecular formula is C15H22N2O6. The van der Waals surface area contributed by atoms with Crippen molar-refractivity contribution < 1.29 is 28.9 Å². The van der Waals surface area contributed by atoms with Gasteiger partial charge in [-0.15, -0.1) is 0 Å². The van der Waals surface area contributed by atoms with Crippen LogP contribution in [0.1, 0.15) is 17.3 Å². The molecule has 1 aromatic rings. The van der Waals surface area contributed by atoms with E-state index in [1.165, 1.54) is 14.0 Å². The van der Waals surface area contributed by atoms with Crippen LogP contribution in [-0.2, 0) is 14.3 Å². The van der Waals surface area contributed by atoms with Gasteiger partial charge < -0.3 is 30.4 Å². The number of rotatable bonds is 10. The van der Waals surface area contributed by atoms with Crippen molar-refractivity contribution in [3.8, 4) is 5.75 Å². The van der Waals surface area contributed by atoms with E-state index in [-0.39, 0.29) is 25.7 Å². The van der Waals surface area contributed by atoms with Gasteiger partial charge in [-0.25, -0.2) is 4.79 Å². The third kappa shape index (κ3) is 6.98. The Bertz CT molecular complexity index is 535. The maximum atomic E-state index is 12.0. The zero-order valence-electron chi connectivity index (χ0n) is 13.2. The third-order valence-corrected chi connectivity index (χ3v) is 2.90. The van der Waals surface area contributed by atoms with Gasteiger partial charge >= 0.3 is 5.97 Å². The van der Waals surface area contributed by atoms with Gasteiger partial charge in [-0.2, -0.15) is 0 Å². The fourth-order valence-electron chi connectivity index (χ4n) is 1.67. The van der Waals surface area contributed by atoms with Crippen molar-refractivity contribution in [1.29, 1.82) is 0 Å². The first-order chi connectivity index (χ1) is 10.9. The van der Waals surface area contributed by atoms with E-state index in [0.717, 1.165) is 0 Å². The van der Waals surface area contributed by atoms with Crippen LogP contribution in [0.4, 0.5) is 5.69 Å². The topological polar surface area (TPSA) is 120 Å². The first-order valence-corrected chi connectivity index (χ1v) is 7.09. The minimum Gasteiger partial charge on any atom is -0.497 e. The number of anilines is 1. The van der Waals surface area contributed by atoms with Crippen LogP contribution in [0.5, 0.6) is 5.75 Å². The SMILES string of the molecule is COc1cc(N)cc(C(=O)NCCOCCOC(C)C(=O)O)c1. The number of methoxy groups -OCH3 is 1. The number of carbonyl (C=O) groups is 2. The van der Waals surface area contributed by atoms with E-state index in [1.54, 1.807) is 18.2 Å². The molecule has 1 amide bonds. The maximum Gasteiger partial charge on any atom is 0.332 e. The number of hydrogen-bond acceptors (Lipinski definition) is 6. The molecule has 0 saturated carbocycles. The number of ether oxygens (including phenoxy) is 3. The summed E-state index contributed by atoms with van der Waals surface area (Å²) in [6.07, 6.45) is -0.864. The van der Waals surface area contributed by atoms with E-state index in [0.29, 0.717) is 23.5 Å². The van der Waals surface area contributed by atoms with Gasteiger partial charge in [0, 0.05) is 23.9 Å². The molecule has 8 heteroatoms. The number of carboxylic acids is 1. The highest BCUT2D eigenvalue weighted by Gasteiger charge is 2.10. The summed E-state index contributed by atoms with van der Waals surface area (Å²) in [5.74, 6) is -0.791. The lowest BCUT2D eigenvalue weighted by atomic mass is 10.2. The molecule has 0 saturated heterocycles. The molecule has 4 N–H and O–H groups in total. The average Bonchev–Trinajstić information content (AvgIpc) is 2.52. The van der Waals surface area contributed by atoms with Crippen LogP contribution < -0.4 is 15.8 Å². The van der Waals surface area contributed by atoms with E-state index in [1.807, 2.05) is 0 Å². The van der Waals surface area contributed by atoms with Crippen LogP contribution in [0.3, 0.4) is 0 Å². The van der Waals surface area contributed by atoms with Crippen LogP contribution in [0.25, 0.3) is 0 Å². The van der Waals surface area contributed by atoms with Crippen molar-refractivity contribution in [3.63, 3.8) is 0 Å². The zero-order valence-corrected chi connectivity index (χ0v) is 13.2. The lowest BCUT2D eigenvalue weighted by molar-refractivity contribution is -0.149. The summed E-state index contributed by atoms with van der Waals surface area (Å²) in [5, 5.41) is 11.3. The van der Waals surface area contributed by atoms with Gasteiger partial charge in [0.2, 0.25) is 0 Å². The molecule has 0 fully saturated rings. The van der Waals surface area contributed by atoms with Crippen molar-refractivity contribution in [2.75, 3.05) is 39.2 Å². The van der Waals surface area contributed by atoms with E-state index < -0.39 is 12.1 Å². The molecule has 8 nitrogen and oxygen atoms in total. The molecule has 1 atom stereocenters. The lowest BCUT2D eigenvalue weighted by Gasteiger charge is -2.10. The van der Waals surface area contributed by atoms with Gasteiger partial charge in [0.15, 0.2) is 6.10 Å². The zero-order chi connectivity index (χ0) is 17.2. The van der Waals surface area contributed by atoms with E-state index in [2.05, 4.69) is 5.32 Å². The Labute approximate surface area is 134 Å². The monoisotopic (exact) mass is 326 g/mol. The molecule has 0 radical (unpaired) electrons. The molecule has 1 unspecified atom stereocenters. The van der Waals surface area contributed by atoms with Crippen LogP contribution in [0, 0.1) is 0 Å². The molecule has 0 aromatic heterocycles. The van der Waals surface area contributed by atoms with Gasteiger partial charge in [-0.05, 0) is 19.1 Å². The van der Waals surface area contributed by atoms with E-state index in [9.17, 15) is 9.59 Å². The summed E-state index contributed by atoms with van der Waals surface area (Å²) in [7, 11) is 1.50. The smallest absolute Gasteiger partial charge is 0.332 e. The highest BCUT2D eigenvalue weighted by molar-refractivity contribution is 5.95. The number of amides is 1. The molecule has 1 aromatic carbocycles. The number of nitrogens with two attached hydrogens (primary N) is 1. The second-order valence-corrected chi connectivity index (χ2v) is 4.71. The number of aliphatic carboxylic acids is 1. The maximum absolute atomic E-state index is 12.0. The Morgan fingerprint density at radius 1 is 1.26 bits per heavy atom. The summed E-state index contributed by atoms with van der Waals surface area (Å²) < 4.78 is 15.3. The summed E-state index contributed by atoms with van der Waals surface area (Å²) in [6.45, 7) is 2.47. The quantitative estimate of drug-likeness (QED) is 0.423. The van der Waals surface area contributed by atoms with Crippen molar-refractivity contribution in [2.45, 2.75) is 13.0 Å². The van der Waals surface area contributed by atoms with Gasteiger partial charge in [0.1, 0.15) is 5.75 Å². The Morgan fingerprint density at radius 2 is 2.00 bits per heavy atom. The molecule has 23 heavy (non-hydrogen) atoms. The number of benzene rings is 1. The second kappa shape index (κ2) is 9.65. The number of hydrogen-bond donors (Lipinski definition) is 3. The first kappa shape index (κ1) is 18.7. The van der Waals surface area contributed by atoms with Crippen LogP contribution in [0.2, 0.25) is 0 Å². The average molecular weight is 326 g/mol. The van der Waals surface area contributed by atoms with Crippen LogP contribution in [-0.4, -0.2) is 56.6 Å². The fraction of sp³-hybridized carbons (Fsp3) is 0.467. The van der Waals surface area contributed by atoms with Crippen LogP contribution in [0.15, 0.2) is 18.2 Å². The largest absolute Gasteiger partial charge is 0.497 e. The van der Waals surface area contributed by atoms with Crippen molar-refractivity contribution in [2.24, 2.45) is 0 Å². The Kier molecular flexibility index (Phi) is 7.86. The number of carbonyl (C=O) groups excluding carboxylic acids is 1. The lowest BCUT2D eigenvalue weighted by Crippen LogP contribution is -2.28. The molecule has 0 aliphatic rings. The minimum atomic E-state index is -1.02. The number of carboxylic acid groups (broad SMARTS) is 1. The molecule has 0 bridgehead atoms. The normalized spacial score (nSPS) is 11.7. The third-order valence-electron chi connectivity index (χ3n) is 2.90. The molecule has 0 aliphatic carbocycles. The number of nitrogens with one attached hydrogen (secondary N) is 1. The standard InChI is InChI=1S/C15H22N2O6/c1-10(15(19)20)23-6-5-22-4-3-17-14(18)11-7-12(16)9-13(8-11)21-2/h7-10H,3-6,16H2,1-2H3,(H,17,18)(H,19,20). The predicted molar refractivity (Wildman–Crippen MR) is 83.6 cm³/mol. The predicted octanol–water partition coefficient (Wildman–Crippen LogP) is 0.514. The van der Waals surface area contributed by atoms with Crippen molar-refractivity contribution in [3.05, 3.63) is 23.8 Å². The molecule has 0 heterocycles. The highest BCUT2D eigenvalue weighted by atomic mass is 16.5. The van der Waals surface area contributed by atoms with E-state index >= 15 is 0 Å².